The summed E-state index contributed by atoms with van der Waals surface area (Å²) in [6.07, 6.45) is 1.54. The lowest BCUT2D eigenvalue weighted by atomic mass is 10.1. The highest BCUT2D eigenvalue weighted by atomic mass is 32.2. The molecular weight excluding hydrogens is 594 g/mol. The van der Waals surface area contributed by atoms with Gasteiger partial charge in [0.25, 0.3) is 11.8 Å². The predicted octanol–water partition coefficient (Wildman–Crippen LogP) is 5.93. The van der Waals surface area contributed by atoms with Gasteiger partial charge in [-0.1, -0.05) is 24.3 Å². The number of rotatable bonds is 12. The Morgan fingerprint density at radius 2 is 1.38 bits per heavy atom. The number of carbonyl (C=O) groups is 4. The van der Waals surface area contributed by atoms with Crippen LogP contribution < -0.4 is 25.4 Å². The number of thioether (sulfide) groups is 1. The number of methoxy groups -OCH3 is 2. The summed E-state index contributed by atoms with van der Waals surface area (Å²) in [5, 5.41) is 16.9. The molecule has 4 rings (SSSR count). The molecule has 4 aromatic carbocycles. The maximum Gasteiger partial charge on any atom is 0.335 e. The Bertz CT molecular complexity index is 1710. The van der Waals surface area contributed by atoms with Crippen LogP contribution in [0, 0.1) is 0 Å². The van der Waals surface area contributed by atoms with Crippen molar-refractivity contribution in [3.8, 4) is 11.5 Å². The van der Waals surface area contributed by atoms with E-state index >= 15 is 0 Å². The second kappa shape index (κ2) is 15.3. The Labute approximate surface area is 264 Å². The Morgan fingerprint density at radius 3 is 2.00 bits per heavy atom. The first-order chi connectivity index (χ1) is 21.7. The number of benzene rings is 4. The standard InChI is InChI=1S/C34H31N3O7S/c1-21(31(38)35-25-12-10-24(11-13-25)34(41)42)45-27-16-14-26(15-17-27)36-33(40)28(37-32(39)23-7-5-4-6-8-23)19-22-9-18-29(43-2)30(20-22)44-3/h4-21H,1-3H3,(H,35,38)(H,36,40)(H,37,39)(H,41,42)/b28-19-. The van der Waals surface area contributed by atoms with Gasteiger partial charge in [-0.2, -0.15) is 0 Å². The molecular formula is C34H31N3O7S. The molecule has 0 aliphatic heterocycles. The van der Waals surface area contributed by atoms with E-state index < -0.39 is 23.0 Å². The SMILES string of the molecule is COc1ccc(/C=C(\NC(=O)c2ccccc2)C(=O)Nc2ccc(SC(C)C(=O)Nc3ccc(C(=O)O)cc3)cc2)cc1OC. The van der Waals surface area contributed by atoms with Gasteiger partial charge in [0.2, 0.25) is 5.91 Å². The van der Waals surface area contributed by atoms with E-state index in [1.807, 2.05) is 0 Å². The number of anilines is 2. The summed E-state index contributed by atoms with van der Waals surface area (Å²) in [7, 11) is 3.03. The molecule has 4 N–H and O–H groups in total. The highest BCUT2D eigenvalue weighted by Gasteiger charge is 2.18. The second-order valence-corrected chi connectivity index (χ2v) is 11.0. The molecule has 11 heteroatoms. The van der Waals surface area contributed by atoms with Gasteiger partial charge in [0.05, 0.1) is 25.0 Å². The molecule has 0 aromatic heterocycles. The Kier molecular flexibility index (Phi) is 11.0. The van der Waals surface area contributed by atoms with Crippen molar-refractivity contribution in [3.05, 3.63) is 119 Å². The van der Waals surface area contributed by atoms with Gasteiger partial charge in [-0.05, 0) is 91.4 Å². The third-order valence-electron chi connectivity index (χ3n) is 6.44. The largest absolute Gasteiger partial charge is 0.493 e. The quantitative estimate of drug-likeness (QED) is 0.112. The molecule has 4 aromatic rings. The van der Waals surface area contributed by atoms with E-state index in [0.29, 0.717) is 34.0 Å². The average molecular weight is 626 g/mol. The molecule has 1 unspecified atom stereocenters. The monoisotopic (exact) mass is 625 g/mol. The van der Waals surface area contributed by atoms with E-state index in [-0.39, 0.29) is 17.2 Å². The summed E-state index contributed by atoms with van der Waals surface area (Å²) in [6.45, 7) is 1.75. The number of carbonyl (C=O) groups excluding carboxylic acids is 3. The van der Waals surface area contributed by atoms with Crippen molar-refractivity contribution in [2.75, 3.05) is 24.9 Å². The number of hydrogen-bond acceptors (Lipinski definition) is 7. The molecule has 0 saturated carbocycles. The maximum atomic E-state index is 13.4. The number of amides is 3. The third-order valence-corrected chi connectivity index (χ3v) is 7.55. The van der Waals surface area contributed by atoms with Crippen molar-refractivity contribution in [2.45, 2.75) is 17.1 Å². The fourth-order valence-corrected chi connectivity index (χ4v) is 4.93. The van der Waals surface area contributed by atoms with E-state index in [4.69, 9.17) is 14.6 Å². The van der Waals surface area contributed by atoms with Crippen LogP contribution in [0.2, 0.25) is 0 Å². The van der Waals surface area contributed by atoms with E-state index in [9.17, 15) is 19.2 Å². The molecule has 0 bridgehead atoms. The Hall–Kier alpha value is -5.55. The summed E-state index contributed by atoms with van der Waals surface area (Å²) in [5.74, 6) is -1.30. The molecule has 0 heterocycles. The summed E-state index contributed by atoms with van der Waals surface area (Å²) in [4.78, 5) is 50.9. The topological polar surface area (TPSA) is 143 Å². The zero-order chi connectivity index (χ0) is 32.3. The number of aromatic carboxylic acids is 1. The van der Waals surface area contributed by atoms with Crippen LogP contribution in [0.1, 0.15) is 33.2 Å². The van der Waals surface area contributed by atoms with Crippen molar-refractivity contribution < 1.29 is 33.8 Å². The minimum Gasteiger partial charge on any atom is -0.493 e. The normalized spacial score (nSPS) is 11.6. The molecule has 45 heavy (non-hydrogen) atoms. The molecule has 0 spiro atoms. The van der Waals surface area contributed by atoms with Crippen LogP contribution in [-0.4, -0.2) is 48.3 Å². The van der Waals surface area contributed by atoms with Crippen molar-refractivity contribution >= 4 is 52.9 Å². The molecule has 0 fully saturated rings. The van der Waals surface area contributed by atoms with Crippen molar-refractivity contribution in [3.63, 3.8) is 0 Å². The van der Waals surface area contributed by atoms with Gasteiger partial charge >= 0.3 is 5.97 Å². The fourth-order valence-electron chi connectivity index (χ4n) is 4.06. The predicted molar refractivity (Wildman–Crippen MR) is 174 cm³/mol. The van der Waals surface area contributed by atoms with Crippen LogP contribution in [-0.2, 0) is 9.59 Å². The first kappa shape index (κ1) is 32.4. The minimum absolute atomic E-state index is 0.0104. The molecule has 3 amide bonds. The van der Waals surface area contributed by atoms with Crippen molar-refractivity contribution in [1.29, 1.82) is 0 Å². The molecule has 0 aliphatic carbocycles. The van der Waals surface area contributed by atoms with E-state index in [1.54, 1.807) is 79.7 Å². The smallest absolute Gasteiger partial charge is 0.335 e. The first-order valence-electron chi connectivity index (χ1n) is 13.7. The lowest BCUT2D eigenvalue weighted by Crippen LogP contribution is -2.30. The summed E-state index contributed by atoms with van der Waals surface area (Å²) in [5.41, 5.74) is 2.10. The third kappa shape index (κ3) is 8.97. The number of carboxylic acid groups (broad SMARTS) is 1. The summed E-state index contributed by atoms with van der Waals surface area (Å²) >= 11 is 1.32. The molecule has 0 radical (unpaired) electrons. The molecule has 0 aliphatic rings. The molecule has 230 valence electrons. The van der Waals surface area contributed by atoms with Crippen molar-refractivity contribution in [1.82, 2.24) is 5.32 Å². The lowest BCUT2D eigenvalue weighted by Gasteiger charge is -2.14. The number of carboxylic acids is 1. The van der Waals surface area contributed by atoms with Gasteiger partial charge < -0.3 is 30.5 Å². The minimum atomic E-state index is -1.04. The molecule has 10 nitrogen and oxygen atoms in total. The van der Waals surface area contributed by atoms with Crippen LogP contribution in [0.15, 0.2) is 108 Å². The lowest BCUT2D eigenvalue weighted by molar-refractivity contribution is -0.115. The summed E-state index contributed by atoms with van der Waals surface area (Å²) < 4.78 is 10.7. The van der Waals surface area contributed by atoms with Crippen LogP contribution >= 0.6 is 11.8 Å². The Morgan fingerprint density at radius 1 is 0.756 bits per heavy atom. The highest BCUT2D eigenvalue weighted by Crippen LogP contribution is 2.29. The fraction of sp³-hybridized carbons (Fsp3) is 0.118. The van der Waals surface area contributed by atoms with Crippen molar-refractivity contribution in [2.24, 2.45) is 0 Å². The first-order valence-corrected chi connectivity index (χ1v) is 14.6. The molecule has 0 saturated heterocycles. The van der Waals surface area contributed by atoms with Gasteiger partial charge in [-0.3, -0.25) is 14.4 Å². The number of hydrogen-bond donors (Lipinski definition) is 4. The number of nitrogens with one attached hydrogen (secondary N) is 3. The van der Waals surface area contributed by atoms with E-state index in [0.717, 1.165) is 4.90 Å². The highest BCUT2D eigenvalue weighted by molar-refractivity contribution is 8.00. The second-order valence-electron chi connectivity index (χ2n) is 9.60. The van der Waals surface area contributed by atoms with E-state index in [1.165, 1.54) is 56.3 Å². The van der Waals surface area contributed by atoms with Gasteiger partial charge in [-0.25, -0.2) is 4.79 Å². The maximum absolute atomic E-state index is 13.4. The van der Waals surface area contributed by atoms with Crippen LogP contribution in [0.4, 0.5) is 11.4 Å². The van der Waals surface area contributed by atoms with Gasteiger partial charge in [0, 0.05) is 21.8 Å². The van der Waals surface area contributed by atoms with Crippen LogP contribution in [0.5, 0.6) is 11.5 Å². The zero-order valence-corrected chi connectivity index (χ0v) is 25.5. The van der Waals surface area contributed by atoms with Gasteiger partial charge in [0.15, 0.2) is 11.5 Å². The number of ether oxygens (including phenoxy) is 2. The van der Waals surface area contributed by atoms with Crippen LogP contribution in [0.25, 0.3) is 6.08 Å². The average Bonchev–Trinajstić information content (AvgIpc) is 3.05. The van der Waals surface area contributed by atoms with Crippen LogP contribution in [0.3, 0.4) is 0 Å². The summed E-state index contributed by atoms with van der Waals surface area (Å²) in [6, 6.07) is 26.5. The molecule has 1 atom stereocenters. The van der Waals surface area contributed by atoms with Gasteiger partial charge in [0.1, 0.15) is 5.70 Å². The Balaban J connectivity index is 1.45. The van der Waals surface area contributed by atoms with E-state index in [2.05, 4.69) is 16.0 Å². The zero-order valence-electron chi connectivity index (χ0n) is 24.7. The van der Waals surface area contributed by atoms with Gasteiger partial charge in [-0.15, -0.1) is 11.8 Å².